The van der Waals surface area contributed by atoms with E-state index in [1.807, 2.05) is 0 Å². The van der Waals surface area contributed by atoms with Crippen LogP contribution >= 0.6 is 0 Å². The highest BCUT2D eigenvalue weighted by atomic mass is 16.5. The van der Waals surface area contributed by atoms with E-state index >= 15 is 0 Å². The number of rotatable bonds is 7. The van der Waals surface area contributed by atoms with Crippen molar-refractivity contribution in [3.8, 4) is 0 Å². The van der Waals surface area contributed by atoms with Crippen molar-refractivity contribution in [1.29, 1.82) is 0 Å². The third kappa shape index (κ3) is 7.02. The Hall–Kier alpha value is -0.120. The summed E-state index contributed by atoms with van der Waals surface area (Å²) in [4.78, 5) is 0. The molecular formula is C14H29NO2. The Labute approximate surface area is 106 Å². The lowest BCUT2D eigenvalue weighted by atomic mass is 10.1. The zero-order valence-corrected chi connectivity index (χ0v) is 11.9. The Balaban J connectivity index is 2.21. The lowest BCUT2D eigenvalue weighted by Gasteiger charge is -2.26. The number of hydrogen-bond acceptors (Lipinski definition) is 3. The molecule has 3 nitrogen and oxygen atoms in total. The molecule has 0 amide bonds. The molecule has 0 aromatic carbocycles. The van der Waals surface area contributed by atoms with Gasteiger partial charge in [-0.15, -0.1) is 0 Å². The molecule has 102 valence electrons. The Morgan fingerprint density at radius 2 is 2.18 bits per heavy atom. The van der Waals surface area contributed by atoms with Gasteiger partial charge in [-0.2, -0.15) is 0 Å². The molecular weight excluding hydrogens is 214 g/mol. The maximum absolute atomic E-state index is 6.02. The number of nitrogens with one attached hydrogen (secondary N) is 1. The smallest absolute Gasteiger partial charge is 0.0699 e. The van der Waals surface area contributed by atoms with Crippen LogP contribution in [0.3, 0.4) is 0 Å². The van der Waals surface area contributed by atoms with Gasteiger partial charge in [-0.05, 0) is 33.6 Å². The summed E-state index contributed by atoms with van der Waals surface area (Å²) in [6.07, 6.45) is 3.82. The van der Waals surface area contributed by atoms with Gasteiger partial charge in [0, 0.05) is 24.6 Å². The van der Waals surface area contributed by atoms with Crippen LogP contribution in [0.25, 0.3) is 0 Å². The van der Waals surface area contributed by atoms with Gasteiger partial charge < -0.3 is 14.8 Å². The maximum atomic E-state index is 6.02. The van der Waals surface area contributed by atoms with E-state index in [0.717, 1.165) is 39.2 Å². The minimum Gasteiger partial charge on any atom is -0.381 e. The van der Waals surface area contributed by atoms with E-state index in [0.29, 0.717) is 12.0 Å². The standard InChI is InChI=1S/C14H29NO2/c1-5-6-13(9-15-14(2,3)4)17-11-12-7-8-16-10-12/h12-13,15H,5-11H2,1-4H3. The summed E-state index contributed by atoms with van der Waals surface area (Å²) in [6.45, 7) is 12.4. The predicted molar refractivity (Wildman–Crippen MR) is 71.3 cm³/mol. The van der Waals surface area contributed by atoms with Crippen molar-refractivity contribution in [2.45, 2.75) is 58.6 Å². The average Bonchev–Trinajstić information content (AvgIpc) is 2.74. The molecule has 1 fully saturated rings. The normalized spacial score (nSPS) is 22.9. The minimum absolute atomic E-state index is 0.172. The van der Waals surface area contributed by atoms with Crippen molar-refractivity contribution < 1.29 is 9.47 Å². The van der Waals surface area contributed by atoms with Crippen molar-refractivity contribution >= 4 is 0 Å². The molecule has 1 rings (SSSR count). The van der Waals surface area contributed by atoms with Crippen molar-refractivity contribution in [1.82, 2.24) is 5.32 Å². The maximum Gasteiger partial charge on any atom is 0.0699 e. The lowest BCUT2D eigenvalue weighted by Crippen LogP contribution is -2.42. The summed E-state index contributed by atoms with van der Waals surface area (Å²) >= 11 is 0. The van der Waals surface area contributed by atoms with Crippen molar-refractivity contribution in [3.05, 3.63) is 0 Å². The zero-order chi connectivity index (χ0) is 12.7. The molecule has 2 unspecified atom stereocenters. The lowest BCUT2D eigenvalue weighted by molar-refractivity contribution is 0.0184. The van der Waals surface area contributed by atoms with E-state index in [1.54, 1.807) is 0 Å². The fourth-order valence-electron chi connectivity index (χ4n) is 1.97. The van der Waals surface area contributed by atoms with Crippen LogP contribution in [-0.4, -0.2) is 38.0 Å². The van der Waals surface area contributed by atoms with Crippen LogP contribution in [0.2, 0.25) is 0 Å². The largest absolute Gasteiger partial charge is 0.381 e. The van der Waals surface area contributed by atoms with Crippen molar-refractivity contribution in [2.24, 2.45) is 5.92 Å². The van der Waals surface area contributed by atoms with Gasteiger partial charge in [0.2, 0.25) is 0 Å². The third-order valence-electron chi connectivity index (χ3n) is 3.06. The van der Waals surface area contributed by atoms with Gasteiger partial charge in [0.25, 0.3) is 0 Å². The molecule has 2 atom stereocenters. The Kier molecular flexibility index (Phi) is 6.45. The summed E-state index contributed by atoms with van der Waals surface area (Å²) in [7, 11) is 0. The molecule has 1 heterocycles. The fourth-order valence-corrected chi connectivity index (χ4v) is 1.97. The van der Waals surface area contributed by atoms with Crippen LogP contribution in [0.1, 0.15) is 47.0 Å². The summed E-state index contributed by atoms with van der Waals surface area (Å²) in [5, 5.41) is 3.53. The second-order valence-corrected chi connectivity index (χ2v) is 6.10. The molecule has 1 N–H and O–H groups in total. The molecule has 1 aliphatic heterocycles. The van der Waals surface area contributed by atoms with Gasteiger partial charge in [0.05, 0.1) is 19.3 Å². The van der Waals surface area contributed by atoms with Crippen LogP contribution in [-0.2, 0) is 9.47 Å². The molecule has 0 aromatic rings. The van der Waals surface area contributed by atoms with E-state index in [4.69, 9.17) is 9.47 Å². The first-order chi connectivity index (χ1) is 8.01. The first kappa shape index (κ1) is 14.9. The monoisotopic (exact) mass is 243 g/mol. The average molecular weight is 243 g/mol. The second kappa shape index (κ2) is 7.34. The van der Waals surface area contributed by atoms with Gasteiger partial charge in [-0.1, -0.05) is 13.3 Å². The fraction of sp³-hybridized carbons (Fsp3) is 1.00. The quantitative estimate of drug-likeness (QED) is 0.745. The first-order valence-corrected chi connectivity index (χ1v) is 6.95. The van der Waals surface area contributed by atoms with Gasteiger partial charge >= 0.3 is 0 Å². The summed E-state index contributed by atoms with van der Waals surface area (Å²) in [5.41, 5.74) is 0.172. The van der Waals surface area contributed by atoms with Crippen molar-refractivity contribution in [2.75, 3.05) is 26.4 Å². The highest BCUT2D eigenvalue weighted by molar-refractivity contribution is 4.74. The molecule has 3 heteroatoms. The van der Waals surface area contributed by atoms with E-state index in [-0.39, 0.29) is 5.54 Å². The third-order valence-corrected chi connectivity index (χ3v) is 3.06. The van der Waals surface area contributed by atoms with Gasteiger partial charge in [0.15, 0.2) is 0 Å². The summed E-state index contributed by atoms with van der Waals surface area (Å²) in [6, 6.07) is 0. The molecule has 0 aliphatic carbocycles. The van der Waals surface area contributed by atoms with E-state index in [9.17, 15) is 0 Å². The highest BCUT2D eigenvalue weighted by Crippen LogP contribution is 2.14. The molecule has 1 aliphatic rings. The minimum atomic E-state index is 0.172. The van der Waals surface area contributed by atoms with Crippen LogP contribution in [0.5, 0.6) is 0 Å². The number of hydrogen-bond donors (Lipinski definition) is 1. The second-order valence-electron chi connectivity index (χ2n) is 6.10. The Morgan fingerprint density at radius 3 is 2.71 bits per heavy atom. The van der Waals surface area contributed by atoms with Gasteiger partial charge in [-0.3, -0.25) is 0 Å². The SMILES string of the molecule is CCCC(CNC(C)(C)C)OCC1CCOC1. The van der Waals surface area contributed by atoms with Crippen molar-refractivity contribution in [3.63, 3.8) is 0 Å². The van der Waals surface area contributed by atoms with Crippen LogP contribution in [0.4, 0.5) is 0 Å². The highest BCUT2D eigenvalue weighted by Gasteiger charge is 2.19. The van der Waals surface area contributed by atoms with Crippen LogP contribution in [0, 0.1) is 5.92 Å². The molecule has 1 saturated heterocycles. The molecule has 0 aromatic heterocycles. The molecule has 0 spiro atoms. The summed E-state index contributed by atoms with van der Waals surface area (Å²) < 4.78 is 11.4. The van der Waals surface area contributed by atoms with Gasteiger partial charge in [0.1, 0.15) is 0 Å². The van der Waals surface area contributed by atoms with E-state index in [1.165, 1.54) is 6.42 Å². The number of ether oxygens (including phenoxy) is 2. The first-order valence-electron chi connectivity index (χ1n) is 6.95. The van der Waals surface area contributed by atoms with E-state index < -0.39 is 0 Å². The molecule has 0 radical (unpaired) electrons. The van der Waals surface area contributed by atoms with E-state index in [2.05, 4.69) is 33.0 Å². The topological polar surface area (TPSA) is 30.5 Å². The van der Waals surface area contributed by atoms with Gasteiger partial charge in [-0.25, -0.2) is 0 Å². The molecule has 0 saturated carbocycles. The Bertz CT molecular complexity index is 195. The molecule has 17 heavy (non-hydrogen) atoms. The predicted octanol–water partition coefficient (Wildman–Crippen LogP) is 2.60. The zero-order valence-electron chi connectivity index (χ0n) is 11.9. The van der Waals surface area contributed by atoms with Crippen LogP contribution in [0.15, 0.2) is 0 Å². The van der Waals surface area contributed by atoms with Crippen LogP contribution < -0.4 is 5.32 Å². The summed E-state index contributed by atoms with van der Waals surface area (Å²) in [5.74, 6) is 0.615. The molecule has 0 bridgehead atoms. The Morgan fingerprint density at radius 1 is 1.41 bits per heavy atom.